The number of amides is 1. The molecule has 0 aromatic heterocycles. The molecule has 0 aliphatic carbocycles. The Morgan fingerprint density at radius 2 is 2.00 bits per heavy atom. The van der Waals surface area contributed by atoms with E-state index in [1.54, 1.807) is 0 Å². The number of nitrogens with one attached hydrogen (secondary N) is 1. The molecule has 0 saturated carbocycles. The Morgan fingerprint density at radius 1 is 1.31 bits per heavy atom. The van der Waals surface area contributed by atoms with Gasteiger partial charge in [0.25, 0.3) is 0 Å². The van der Waals surface area contributed by atoms with Crippen molar-refractivity contribution < 1.29 is 14.7 Å². The highest BCUT2D eigenvalue weighted by Gasteiger charge is 2.34. The molecule has 1 heterocycles. The Kier molecular flexibility index (Phi) is 2.90. The minimum atomic E-state index is -1.04. The highest BCUT2D eigenvalue weighted by molar-refractivity contribution is 5.97. The van der Waals surface area contributed by atoms with Gasteiger partial charge in [0.2, 0.25) is 5.91 Å². The summed E-state index contributed by atoms with van der Waals surface area (Å²) in [6.45, 7) is 0.520. The van der Waals surface area contributed by atoms with Gasteiger partial charge in [0.1, 0.15) is 5.92 Å². The molecule has 1 aliphatic heterocycles. The number of piperidine rings is 1. The summed E-state index contributed by atoms with van der Waals surface area (Å²) >= 11 is 0. The zero-order valence-corrected chi connectivity index (χ0v) is 8.72. The lowest BCUT2D eigenvalue weighted by molar-refractivity contribution is -0.148. The molecule has 4 nitrogen and oxygen atoms in total. The van der Waals surface area contributed by atoms with E-state index >= 15 is 0 Å². The van der Waals surface area contributed by atoms with E-state index in [2.05, 4.69) is 5.32 Å². The predicted molar refractivity (Wildman–Crippen MR) is 57.9 cm³/mol. The van der Waals surface area contributed by atoms with Gasteiger partial charge in [-0.25, -0.2) is 0 Å². The first-order valence-corrected chi connectivity index (χ1v) is 5.24. The highest BCUT2D eigenvalue weighted by Crippen LogP contribution is 2.26. The molecule has 2 rings (SSSR count). The number of carbonyl (C=O) groups is 2. The number of carbonyl (C=O) groups excluding carboxylic acids is 1. The summed E-state index contributed by atoms with van der Waals surface area (Å²) in [6.07, 6.45) is 0.380. The topological polar surface area (TPSA) is 66.4 Å². The fourth-order valence-electron chi connectivity index (χ4n) is 2.01. The summed E-state index contributed by atoms with van der Waals surface area (Å²) < 4.78 is 0. The molecule has 1 aliphatic rings. The van der Waals surface area contributed by atoms with Crippen LogP contribution in [0.1, 0.15) is 17.9 Å². The van der Waals surface area contributed by atoms with Crippen molar-refractivity contribution in [2.75, 3.05) is 6.54 Å². The van der Waals surface area contributed by atoms with Crippen LogP contribution >= 0.6 is 0 Å². The van der Waals surface area contributed by atoms with Crippen molar-refractivity contribution in [3.63, 3.8) is 0 Å². The molecule has 1 amide bonds. The second kappa shape index (κ2) is 4.35. The molecule has 84 valence electrons. The average Bonchev–Trinajstić information content (AvgIpc) is 2.30. The smallest absolute Gasteiger partial charge is 0.316 e. The summed E-state index contributed by atoms with van der Waals surface area (Å²) in [6, 6.07) is 9.67. The van der Waals surface area contributed by atoms with Crippen molar-refractivity contribution in [1.29, 1.82) is 0 Å². The molecule has 4 heteroatoms. The van der Waals surface area contributed by atoms with Crippen LogP contribution in [0.4, 0.5) is 0 Å². The summed E-state index contributed by atoms with van der Waals surface area (Å²) in [5.41, 5.74) is 1.08. The first kappa shape index (κ1) is 10.7. The summed E-state index contributed by atoms with van der Waals surface area (Å²) in [5, 5.41) is 11.6. The van der Waals surface area contributed by atoms with Gasteiger partial charge >= 0.3 is 5.97 Å². The third kappa shape index (κ3) is 2.05. The minimum absolute atomic E-state index is 0.0972. The van der Waals surface area contributed by atoms with E-state index in [0.29, 0.717) is 13.0 Å². The van der Waals surface area contributed by atoms with Crippen LogP contribution in [0.2, 0.25) is 0 Å². The Labute approximate surface area is 93.3 Å². The number of hydrogen-bond acceptors (Lipinski definition) is 2. The van der Waals surface area contributed by atoms with E-state index < -0.39 is 11.9 Å². The van der Waals surface area contributed by atoms with Crippen molar-refractivity contribution >= 4 is 11.9 Å². The van der Waals surface area contributed by atoms with E-state index in [4.69, 9.17) is 5.11 Å². The second-order valence-corrected chi connectivity index (χ2v) is 3.98. The first-order chi connectivity index (χ1) is 7.68. The van der Waals surface area contributed by atoms with E-state index in [1.165, 1.54) is 0 Å². The molecule has 2 atom stereocenters. The summed E-state index contributed by atoms with van der Waals surface area (Å²) in [4.78, 5) is 22.2. The summed E-state index contributed by atoms with van der Waals surface area (Å²) in [7, 11) is 0. The fraction of sp³-hybridized carbons (Fsp3) is 0.333. The van der Waals surface area contributed by atoms with Gasteiger partial charge in [-0.15, -0.1) is 0 Å². The maximum Gasteiger partial charge on any atom is 0.316 e. The van der Waals surface area contributed by atoms with E-state index in [0.717, 1.165) is 5.56 Å². The van der Waals surface area contributed by atoms with Gasteiger partial charge in [0.05, 0.1) is 0 Å². The molecule has 2 unspecified atom stereocenters. The van der Waals surface area contributed by atoms with Gasteiger partial charge in [0.15, 0.2) is 0 Å². The van der Waals surface area contributed by atoms with Gasteiger partial charge in [-0.05, 0) is 12.0 Å². The number of benzene rings is 1. The summed E-state index contributed by atoms with van der Waals surface area (Å²) in [5.74, 6) is -2.24. The molecule has 2 N–H and O–H groups in total. The Hall–Kier alpha value is -1.84. The normalized spacial score (nSPS) is 24.9. The largest absolute Gasteiger partial charge is 0.481 e. The molecule has 1 fully saturated rings. The molecule has 0 bridgehead atoms. The van der Waals surface area contributed by atoms with Crippen LogP contribution < -0.4 is 5.32 Å². The average molecular weight is 219 g/mol. The fourth-order valence-corrected chi connectivity index (χ4v) is 2.01. The Morgan fingerprint density at radius 3 is 2.62 bits per heavy atom. The van der Waals surface area contributed by atoms with Crippen LogP contribution in [0, 0.1) is 5.92 Å². The molecule has 16 heavy (non-hydrogen) atoms. The monoisotopic (exact) mass is 219 g/mol. The van der Waals surface area contributed by atoms with Crippen LogP contribution in [-0.4, -0.2) is 23.5 Å². The van der Waals surface area contributed by atoms with E-state index in [-0.39, 0.29) is 11.8 Å². The van der Waals surface area contributed by atoms with Crippen molar-refractivity contribution in [3.8, 4) is 0 Å². The SMILES string of the molecule is O=C(O)C1CC(c2ccccc2)CNC1=O. The second-order valence-electron chi connectivity index (χ2n) is 3.98. The predicted octanol–water partition coefficient (Wildman–Crippen LogP) is 0.991. The maximum atomic E-state index is 11.3. The lowest BCUT2D eigenvalue weighted by atomic mass is 9.85. The molecule has 1 aromatic rings. The van der Waals surface area contributed by atoms with Crippen molar-refractivity contribution in [3.05, 3.63) is 35.9 Å². The number of rotatable bonds is 2. The van der Waals surface area contributed by atoms with Crippen molar-refractivity contribution in [2.45, 2.75) is 12.3 Å². The third-order valence-corrected chi connectivity index (χ3v) is 2.93. The quantitative estimate of drug-likeness (QED) is 0.729. The standard InChI is InChI=1S/C12H13NO3/c14-11-10(12(15)16)6-9(7-13-11)8-4-2-1-3-5-8/h1-5,9-10H,6-7H2,(H,13,14)(H,15,16). The maximum absolute atomic E-state index is 11.3. The van der Waals surface area contributed by atoms with Crippen LogP contribution in [-0.2, 0) is 9.59 Å². The van der Waals surface area contributed by atoms with E-state index in [9.17, 15) is 9.59 Å². The van der Waals surface area contributed by atoms with Crippen LogP contribution in [0.25, 0.3) is 0 Å². The van der Waals surface area contributed by atoms with Crippen molar-refractivity contribution in [2.24, 2.45) is 5.92 Å². The highest BCUT2D eigenvalue weighted by atomic mass is 16.4. The first-order valence-electron chi connectivity index (χ1n) is 5.24. The molecule has 0 radical (unpaired) electrons. The van der Waals surface area contributed by atoms with Gasteiger partial charge in [-0.1, -0.05) is 30.3 Å². The Bertz CT molecular complexity index is 402. The van der Waals surface area contributed by atoms with Crippen LogP contribution in [0.5, 0.6) is 0 Å². The lowest BCUT2D eigenvalue weighted by Crippen LogP contribution is -2.43. The van der Waals surface area contributed by atoms with Gasteiger partial charge in [0, 0.05) is 12.5 Å². The number of carboxylic acid groups (broad SMARTS) is 1. The zero-order chi connectivity index (χ0) is 11.5. The Balaban J connectivity index is 2.15. The molecular weight excluding hydrogens is 206 g/mol. The number of aliphatic carboxylic acids is 1. The van der Waals surface area contributed by atoms with Gasteiger partial charge in [-0.2, -0.15) is 0 Å². The van der Waals surface area contributed by atoms with E-state index in [1.807, 2.05) is 30.3 Å². The third-order valence-electron chi connectivity index (χ3n) is 2.93. The zero-order valence-electron chi connectivity index (χ0n) is 8.72. The van der Waals surface area contributed by atoms with Gasteiger partial charge < -0.3 is 10.4 Å². The molecular formula is C12H13NO3. The number of hydrogen-bond donors (Lipinski definition) is 2. The van der Waals surface area contributed by atoms with Crippen LogP contribution in [0.15, 0.2) is 30.3 Å². The minimum Gasteiger partial charge on any atom is -0.481 e. The molecule has 0 spiro atoms. The number of carboxylic acids is 1. The van der Waals surface area contributed by atoms with Gasteiger partial charge in [-0.3, -0.25) is 9.59 Å². The molecule has 1 saturated heterocycles. The van der Waals surface area contributed by atoms with Crippen molar-refractivity contribution in [1.82, 2.24) is 5.32 Å². The molecule has 1 aromatic carbocycles. The van der Waals surface area contributed by atoms with Crippen LogP contribution in [0.3, 0.4) is 0 Å². The lowest BCUT2D eigenvalue weighted by Gasteiger charge is -2.27.